The van der Waals surface area contributed by atoms with Crippen molar-refractivity contribution in [2.24, 2.45) is 0 Å². The lowest BCUT2D eigenvalue weighted by molar-refractivity contribution is 0.373. The largest absolute Gasteiger partial charge is 0.504 e. The summed E-state index contributed by atoms with van der Waals surface area (Å²) in [6.45, 7) is 0. The molecule has 1 unspecified atom stereocenters. The number of hydrogen-bond acceptors (Lipinski definition) is 6. The Morgan fingerprint density at radius 2 is 1.97 bits per heavy atom. The predicted octanol–water partition coefficient (Wildman–Crippen LogP) is 3.52. The van der Waals surface area contributed by atoms with Gasteiger partial charge in [0, 0.05) is 5.56 Å². The molecular formula is C22H21N5O2. The summed E-state index contributed by atoms with van der Waals surface area (Å²) in [4.78, 5) is 8.67. The molecule has 0 aliphatic heterocycles. The number of methoxy groups -OCH3 is 1. The molecule has 0 fully saturated rings. The fourth-order valence-corrected chi connectivity index (χ4v) is 4.18. The number of nitrogens with zero attached hydrogens (tertiary/aromatic N) is 4. The average Bonchev–Trinajstić information content (AvgIpc) is 3.14. The number of phenols is 1. The van der Waals surface area contributed by atoms with Gasteiger partial charge >= 0.3 is 0 Å². The highest BCUT2D eigenvalue weighted by Crippen LogP contribution is 2.38. The van der Waals surface area contributed by atoms with Crippen molar-refractivity contribution < 1.29 is 9.84 Å². The van der Waals surface area contributed by atoms with E-state index in [1.807, 2.05) is 10.7 Å². The van der Waals surface area contributed by atoms with Gasteiger partial charge in [-0.1, -0.05) is 24.3 Å². The van der Waals surface area contributed by atoms with Gasteiger partial charge < -0.3 is 15.6 Å². The first-order chi connectivity index (χ1) is 14.2. The van der Waals surface area contributed by atoms with Crippen molar-refractivity contribution in [3.63, 3.8) is 0 Å². The van der Waals surface area contributed by atoms with Gasteiger partial charge in [-0.05, 0) is 48.6 Å². The number of benzene rings is 2. The molecule has 7 nitrogen and oxygen atoms in total. The van der Waals surface area contributed by atoms with Gasteiger partial charge in [0.1, 0.15) is 17.8 Å². The molecule has 1 aliphatic carbocycles. The second-order valence-corrected chi connectivity index (χ2v) is 7.30. The van der Waals surface area contributed by atoms with Crippen LogP contribution in [0.15, 0.2) is 48.8 Å². The van der Waals surface area contributed by atoms with Crippen LogP contribution in [-0.2, 0) is 12.8 Å². The summed E-state index contributed by atoms with van der Waals surface area (Å²) in [5.74, 6) is 0.836. The lowest BCUT2D eigenvalue weighted by Crippen LogP contribution is -2.20. The average molecular weight is 387 g/mol. The normalized spacial score (nSPS) is 16.0. The van der Waals surface area contributed by atoms with Gasteiger partial charge in [-0.25, -0.2) is 14.6 Å². The number of phenolic OH excluding ortho intramolecular Hbond substituents is 1. The van der Waals surface area contributed by atoms with Gasteiger partial charge in [-0.15, -0.1) is 0 Å². The Bertz CT molecular complexity index is 1220. The quantitative estimate of drug-likeness (QED) is 0.558. The first-order valence-corrected chi connectivity index (χ1v) is 9.58. The van der Waals surface area contributed by atoms with E-state index in [0.717, 1.165) is 24.8 Å². The minimum absolute atomic E-state index is 0.0507. The Hall–Kier alpha value is -3.61. The number of aromatic hydroxyl groups is 1. The highest BCUT2D eigenvalue weighted by molar-refractivity contribution is 5.98. The number of hydrogen-bond donors (Lipinski definition) is 2. The smallest absolute Gasteiger partial charge is 0.164 e. The molecule has 3 N–H and O–H groups in total. The molecule has 2 heterocycles. The Labute approximate surface area is 167 Å². The van der Waals surface area contributed by atoms with Crippen molar-refractivity contribution in [1.29, 1.82) is 0 Å². The van der Waals surface area contributed by atoms with Crippen LogP contribution in [0.25, 0.3) is 22.3 Å². The minimum atomic E-state index is 0.0507. The highest BCUT2D eigenvalue weighted by Gasteiger charge is 2.26. The fourth-order valence-electron chi connectivity index (χ4n) is 4.18. The Morgan fingerprint density at radius 1 is 1.14 bits per heavy atom. The van der Waals surface area contributed by atoms with E-state index in [1.165, 1.54) is 24.6 Å². The zero-order valence-corrected chi connectivity index (χ0v) is 16.0. The standard InChI is InChI=1S/C22H21N5O2/c1-29-18-9-7-15(11-17(18)28)20-19-21(23)24-12-25-22(19)27(26-20)16-8-6-13-4-2-3-5-14(13)10-16/h2-5,7,9,11-12,16,28H,6,8,10H2,1H3,(H2,23,24,25). The van der Waals surface area contributed by atoms with Gasteiger partial charge in [0.05, 0.1) is 18.5 Å². The number of ether oxygens (including phenoxy) is 1. The van der Waals surface area contributed by atoms with E-state index in [-0.39, 0.29) is 11.8 Å². The number of nitrogens with two attached hydrogens (primary N) is 1. The van der Waals surface area contributed by atoms with E-state index in [9.17, 15) is 5.11 Å². The van der Waals surface area contributed by atoms with Crippen LogP contribution in [0, 0.1) is 0 Å². The van der Waals surface area contributed by atoms with Gasteiger partial charge in [0.2, 0.25) is 0 Å². The number of aromatic nitrogens is 4. The molecule has 29 heavy (non-hydrogen) atoms. The van der Waals surface area contributed by atoms with Crippen LogP contribution in [0.4, 0.5) is 5.82 Å². The number of fused-ring (bicyclic) bond motifs is 2. The maximum absolute atomic E-state index is 10.2. The molecule has 5 rings (SSSR count). The summed E-state index contributed by atoms with van der Waals surface area (Å²) in [6, 6.07) is 13.9. The van der Waals surface area contributed by atoms with E-state index < -0.39 is 0 Å². The van der Waals surface area contributed by atoms with Crippen LogP contribution in [0.3, 0.4) is 0 Å². The molecule has 4 aromatic rings. The van der Waals surface area contributed by atoms with Gasteiger partial charge in [0.15, 0.2) is 17.1 Å². The summed E-state index contributed by atoms with van der Waals surface area (Å²) < 4.78 is 7.13. The van der Waals surface area contributed by atoms with E-state index >= 15 is 0 Å². The van der Waals surface area contributed by atoms with Crippen molar-refractivity contribution in [1.82, 2.24) is 19.7 Å². The monoisotopic (exact) mass is 387 g/mol. The third-order valence-electron chi connectivity index (χ3n) is 5.64. The van der Waals surface area contributed by atoms with E-state index in [0.29, 0.717) is 28.3 Å². The van der Waals surface area contributed by atoms with Crippen LogP contribution >= 0.6 is 0 Å². The second kappa shape index (κ2) is 6.77. The number of nitrogen functional groups attached to an aromatic ring is 1. The molecule has 0 saturated heterocycles. The molecule has 1 atom stereocenters. The first kappa shape index (κ1) is 17.5. The predicted molar refractivity (Wildman–Crippen MR) is 111 cm³/mol. The molecule has 1 aliphatic rings. The third-order valence-corrected chi connectivity index (χ3v) is 5.64. The van der Waals surface area contributed by atoms with Crippen molar-refractivity contribution in [2.45, 2.75) is 25.3 Å². The Balaban J connectivity index is 1.65. The van der Waals surface area contributed by atoms with Crippen LogP contribution in [0.2, 0.25) is 0 Å². The van der Waals surface area contributed by atoms with E-state index in [2.05, 4.69) is 34.2 Å². The van der Waals surface area contributed by atoms with Crippen LogP contribution in [-0.4, -0.2) is 32.0 Å². The summed E-state index contributed by atoms with van der Waals surface area (Å²) in [6.07, 6.45) is 4.35. The maximum Gasteiger partial charge on any atom is 0.164 e. The fraction of sp³-hybridized carbons (Fsp3) is 0.227. The van der Waals surface area contributed by atoms with E-state index in [4.69, 9.17) is 15.6 Å². The summed E-state index contributed by atoms with van der Waals surface area (Å²) in [5.41, 5.74) is 11.1. The highest BCUT2D eigenvalue weighted by atomic mass is 16.5. The molecule has 2 aromatic carbocycles. The molecule has 146 valence electrons. The Morgan fingerprint density at radius 3 is 2.76 bits per heavy atom. The van der Waals surface area contributed by atoms with Gasteiger partial charge in [0.25, 0.3) is 0 Å². The zero-order valence-electron chi connectivity index (χ0n) is 16.0. The molecule has 0 spiro atoms. The SMILES string of the molecule is COc1ccc(-c2nn(C3CCc4ccccc4C3)c3ncnc(N)c23)cc1O. The summed E-state index contributed by atoms with van der Waals surface area (Å²) >= 11 is 0. The number of anilines is 1. The minimum Gasteiger partial charge on any atom is -0.504 e. The van der Waals surface area contributed by atoms with Crippen LogP contribution < -0.4 is 10.5 Å². The van der Waals surface area contributed by atoms with Gasteiger partial charge in [-0.3, -0.25) is 0 Å². The summed E-state index contributed by atoms with van der Waals surface area (Å²) in [7, 11) is 1.52. The second-order valence-electron chi connectivity index (χ2n) is 7.30. The third kappa shape index (κ3) is 2.86. The molecule has 7 heteroatoms. The van der Waals surface area contributed by atoms with Crippen LogP contribution in [0.5, 0.6) is 11.5 Å². The van der Waals surface area contributed by atoms with Crippen molar-refractivity contribution >= 4 is 16.9 Å². The number of aryl methyl sites for hydroxylation is 1. The van der Waals surface area contributed by atoms with Crippen molar-refractivity contribution in [3.8, 4) is 22.8 Å². The zero-order chi connectivity index (χ0) is 20.0. The molecule has 0 amide bonds. The maximum atomic E-state index is 10.2. The molecule has 0 radical (unpaired) electrons. The molecular weight excluding hydrogens is 366 g/mol. The summed E-state index contributed by atoms with van der Waals surface area (Å²) in [5, 5.41) is 15.8. The molecule has 0 bridgehead atoms. The Kier molecular flexibility index (Phi) is 4.08. The van der Waals surface area contributed by atoms with Gasteiger partial charge in [-0.2, -0.15) is 5.10 Å². The number of rotatable bonds is 3. The lowest BCUT2D eigenvalue weighted by Gasteiger charge is -2.25. The molecule has 2 aromatic heterocycles. The van der Waals surface area contributed by atoms with Crippen LogP contribution in [0.1, 0.15) is 23.6 Å². The van der Waals surface area contributed by atoms with E-state index in [1.54, 1.807) is 12.1 Å². The van der Waals surface area contributed by atoms with Crippen molar-refractivity contribution in [2.75, 3.05) is 12.8 Å². The lowest BCUT2D eigenvalue weighted by atomic mass is 9.88. The molecule has 0 saturated carbocycles. The van der Waals surface area contributed by atoms with Crippen molar-refractivity contribution in [3.05, 3.63) is 59.9 Å². The topological polar surface area (TPSA) is 99.1 Å². The first-order valence-electron chi connectivity index (χ1n) is 9.58.